The van der Waals surface area contributed by atoms with E-state index in [1.54, 1.807) is 46.0 Å². The van der Waals surface area contributed by atoms with Gasteiger partial charge >= 0.3 is 0 Å². The fourth-order valence-corrected chi connectivity index (χ4v) is 0. The molecule has 0 saturated carbocycles. The first-order valence-corrected chi connectivity index (χ1v) is 2.07. The van der Waals surface area contributed by atoms with Crippen LogP contribution < -0.4 is 0 Å². The Balaban J connectivity index is -0.0000000200. The monoisotopic (exact) mass is 607 g/mol. The molecule has 0 atom stereocenters. The molecular weight excluding hydrogens is 606 g/mol. The van der Waals surface area contributed by atoms with Crippen LogP contribution in [-0.2, 0) is 1.40 Å². The first-order valence-electron chi connectivity index (χ1n) is 0.309. The third-order valence-corrected chi connectivity index (χ3v) is 0. The van der Waals surface area contributed by atoms with Gasteiger partial charge in [0.25, 0.3) is 0 Å². The Morgan fingerprint density at radius 1 is 1.20 bits per heavy atom. The van der Waals surface area contributed by atoms with E-state index in [0.29, 0.717) is 0 Å². The molecule has 1 nitrogen and oxygen atoms in total. The predicted octanol–water partition coefficient (Wildman–Crippen LogP) is 1.94. The van der Waals surface area contributed by atoms with E-state index in [1.807, 2.05) is 0 Å². The van der Waals surface area contributed by atoms with Crippen molar-refractivity contribution < 1.29 is 1.40 Å². The van der Waals surface area contributed by atoms with Crippen molar-refractivity contribution in [2.45, 2.75) is 0 Å². The largest absolute Gasteiger partial charge is 0.247 e. The molecular formula is HBiI3O. The third kappa shape index (κ3) is 19.4. The maximum Gasteiger partial charge on any atom is 0.124 e. The molecule has 0 heterocycles. The molecule has 0 aliphatic heterocycles. The summed E-state index contributed by atoms with van der Waals surface area (Å²) in [6.45, 7) is 0. The zero-order chi connectivity index (χ0) is 2.71. The summed E-state index contributed by atoms with van der Waals surface area (Å²) >= 11 is 3.55. The Morgan fingerprint density at radius 3 is 1.20 bits per heavy atom. The molecule has 0 fully saturated rings. The van der Waals surface area contributed by atoms with E-state index in [9.17, 15) is 0 Å². The van der Waals surface area contributed by atoms with Gasteiger partial charge in [0.15, 0.2) is 0 Å². The van der Waals surface area contributed by atoms with Gasteiger partial charge in [-0.25, -0.2) is 1.40 Å². The predicted molar refractivity (Wildman–Crippen MR) is 50.3 cm³/mol. The van der Waals surface area contributed by atoms with Crippen LogP contribution in [0.3, 0.4) is 0 Å². The van der Waals surface area contributed by atoms with Crippen molar-refractivity contribution in [3.8, 4) is 0 Å². The first kappa shape index (κ1) is 15.7. The van der Waals surface area contributed by atoms with Gasteiger partial charge in [-0.3, -0.25) is 0 Å². The molecule has 0 saturated heterocycles. The van der Waals surface area contributed by atoms with Crippen LogP contribution in [0.15, 0.2) is 0 Å². The van der Waals surface area contributed by atoms with Crippen LogP contribution in [0, 0.1) is 0 Å². The molecule has 0 aromatic rings. The van der Waals surface area contributed by atoms with Gasteiger partial charge in [-0.2, -0.15) is 0 Å². The molecule has 0 spiro atoms. The number of hydrogen-bond donors (Lipinski definition) is 0. The minimum absolute atomic E-state index is 0. The molecule has 0 aliphatic rings. The van der Waals surface area contributed by atoms with Crippen molar-refractivity contribution in [2.75, 3.05) is 0 Å². The maximum atomic E-state index is 4.19. The zero-order valence-corrected chi connectivity index (χ0v) is 12.1. The minimum Gasteiger partial charge on any atom is -0.247 e. The molecule has 0 unspecified atom stereocenters. The number of halogens is 3. The van der Waals surface area contributed by atoms with Gasteiger partial charge in [-0.05, 0) is 0 Å². The van der Waals surface area contributed by atoms with E-state index in [2.05, 4.69) is 1.40 Å². The van der Waals surface area contributed by atoms with Gasteiger partial charge in [-0.1, -0.05) is 0 Å². The summed E-state index contributed by atoms with van der Waals surface area (Å²) in [6, 6.07) is 0. The standard InChI is InChI=1S/Bi.I2O.HI/c;1-3-2;/h;;1H. The fourth-order valence-electron chi connectivity index (χ4n) is 0. The minimum atomic E-state index is 0. The fraction of sp³-hybridized carbons (Fsp3) is 0. The van der Waals surface area contributed by atoms with Gasteiger partial charge in [0.1, 0.15) is 46.0 Å². The zero-order valence-electron chi connectivity index (χ0n) is 2.02. The SMILES string of the molecule is I.IOI.[Bi]. The van der Waals surface area contributed by atoms with Crippen LogP contribution in [0.25, 0.3) is 0 Å². The van der Waals surface area contributed by atoms with Gasteiger partial charge in [0.2, 0.25) is 0 Å². The summed E-state index contributed by atoms with van der Waals surface area (Å²) in [5.74, 6) is 0. The summed E-state index contributed by atoms with van der Waals surface area (Å²) in [5, 5.41) is 0. The quantitative estimate of drug-likeness (QED) is 0.303. The molecule has 0 N–H and O–H groups in total. The number of hydrogen-bond acceptors (Lipinski definition) is 1. The molecule has 5 heavy (non-hydrogen) atoms. The van der Waals surface area contributed by atoms with E-state index in [1.165, 1.54) is 0 Å². The smallest absolute Gasteiger partial charge is 0.124 e. The second kappa shape index (κ2) is 15.7. The van der Waals surface area contributed by atoms with Crippen LogP contribution in [0.1, 0.15) is 0 Å². The molecule has 0 aromatic carbocycles. The van der Waals surface area contributed by atoms with E-state index < -0.39 is 0 Å². The van der Waals surface area contributed by atoms with Crippen molar-refractivity contribution in [2.24, 2.45) is 0 Å². The van der Waals surface area contributed by atoms with E-state index in [4.69, 9.17) is 0 Å². The molecule has 0 rings (SSSR count). The summed E-state index contributed by atoms with van der Waals surface area (Å²) in [7, 11) is 0. The number of rotatable bonds is 0. The topological polar surface area (TPSA) is 9.23 Å². The average molecular weight is 607 g/mol. The van der Waals surface area contributed by atoms with Crippen molar-refractivity contribution in [1.29, 1.82) is 0 Å². The summed E-state index contributed by atoms with van der Waals surface area (Å²) in [4.78, 5) is 0. The first-order chi connectivity index (χ1) is 1.41. The van der Waals surface area contributed by atoms with Crippen molar-refractivity contribution in [3.05, 3.63) is 0 Å². The maximum absolute atomic E-state index is 4.19. The van der Waals surface area contributed by atoms with E-state index >= 15 is 0 Å². The second-order valence-corrected chi connectivity index (χ2v) is 2.62. The van der Waals surface area contributed by atoms with Crippen LogP contribution in [-0.4, -0.2) is 26.2 Å². The third-order valence-electron chi connectivity index (χ3n) is 0. The van der Waals surface area contributed by atoms with Gasteiger partial charge in [-0.15, -0.1) is 24.0 Å². The molecule has 3 radical (unpaired) electrons. The van der Waals surface area contributed by atoms with Crippen LogP contribution in [0.5, 0.6) is 0 Å². The second-order valence-electron chi connectivity index (χ2n) is 0.0583. The average Bonchev–Trinajstić information content (AvgIpc) is 0.918. The van der Waals surface area contributed by atoms with Crippen molar-refractivity contribution in [1.82, 2.24) is 0 Å². The summed E-state index contributed by atoms with van der Waals surface area (Å²) < 4.78 is 4.19. The van der Waals surface area contributed by atoms with Crippen LogP contribution >= 0.6 is 70.0 Å². The van der Waals surface area contributed by atoms with Crippen LogP contribution in [0.4, 0.5) is 0 Å². The van der Waals surface area contributed by atoms with Gasteiger partial charge in [0.05, 0.1) is 0 Å². The van der Waals surface area contributed by atoms with Crippen molar-refractivity contribution >= 4 is 96.2 Å². The molecule has 0 amide bonds. The Labute approximate surface area is 95.5 Å². The van der Waals surface area contributed by atoms with Gasteiger partial charge < -0.3 is 0 Å². The van der Waals surface area contributed by atoms with Crippen molar-refractivity contribution in [3.63, 3.8) is 0 Å². The Morgan fingerprint density at radius 2 is 1.20 bits per heavy atom. The Hall–Kier alpha value is 3.03. The molecule has 5 heteroatoms. The Kier molecular flexibility index (Phi) is 49.4. The van der Waals surface area contributed by atoms with Crippen LogP contribution in [0.2, 0.25) is 0 Å². The van der Waals surface area contributed by atoms with Gasteiger partial charge in [0, 0.05) is 26.2 Å². The molecule has 33 valence electrons. The molecule has 0 aromatic heterocycles. The summed E-state index contributed by atoms with van der Waals surface area (Å²) in [6.07, 6.45) is 0. The molecule has 0 bridgehead atoms. The Bertz CT molecular complexity index is 6.85. The normalized spacial score (nSPS) is 3.60. The molecule has 0 aliphatic carbocycles. The summed E-state index contributed by atoms with van der Waals surface area (Å²) in [5.41, 5.74) is 0. The van der Waals surface area contributed by atoms with E-state index in [-0.39, 0.29) is 50.2 Å². The van der Waals surface area contributed by atoms with E-state index in [0.717, 1.165) is 0 Å².